The number of phenolic OH excluding ortho intramolecular Hbond substituents is 1. The molecule has 5 heteroatoms. The Hall–Kier alpha value is -2.04. The first-order valence-corrected chi connectivity index (χ1v) is 3.96. The largest absolute Gasteiger partial charge is 0.505 e. The zero-order chi connectivity index (χ0) is 10.1. The number of halogens is 1. The molecule has 0 saturated heterocycles. The van der Waals surface area contributed by atoms with Gasteiger partial charge in [0.05, 0.1) is 17.6 Å². The van der Waals surface area contributed by atoms with Crippen LogP contribution in [0.3, 0.4) is 0 Å². The predicted octanol–water partition coefficient (Wildman–Crippen LogP) is 1.50. The third-order valence-electron chi connectivity index (χ3n) is 1.90. The van der Waals surface area contributed by atoms with Crippen molar-refractivity contribution in [1.29, 1.82) is 0 Å². The Morgan fingerprint density at radius 3 is 2.79 bits per heavy atom. The van der Waals surface area contributed by atoms with Gasteiger partial charge in [-0.1, -0.05) is 0 Å². The highest BCUT2D eigenvalue weighted by atomic mass is 19.1. The molecule has 0 aliphatic carbocycles. The van der Waals surface area contributed by atoms with E-state index in [4.69, 9.17) is 10.8 Å². The fourth-order valence-electron chi connectivity index (χ4n) is 1.19. The van der Waals surface area contributed by atoms with Gasteiger partial charge in [0.1, 0.15) is 0 Å². The number of nitrogen functional groups attached to an aromatic ring is 1. The Labute approximate surface area is 79.2 Å². The number of hydrogen-bond donors (Lipinski definition) is 3. The molecule has 1 aromatic carbocycles. The monoisotopic (exact) mass is 193 g/mol. The smallest absolute Gasteiger partial charge is 0.164 e. The fraction of sp³-hybridized carbons (Fsp3) is 0. The lowest BCUT2D eigenvalue weighted by atomic mass is 10.1. The minimum atomic E-state index is -0.660. The summed E-state index contributed by atoms with van der Waals surface area (Å²) < 4.78 is 12.7. The van der Waals surface area contributed by atoms with Gasteiger partial charge in [0, 0.05) is 5.56 Å². The number of benzene rings is 1. The van der Waals surface area contributed by atoms with Gasteiger partial charge in [0.2, 0.25) is 0 Å². The van der Waals surface area contributed by atoms with Crippen LogP contribution in [-0.4, -0.2) is 15.3 Å². The van der Waals surface area contributed by atoms with Crippen LogP contribution in [-0.2, 0) is 0 Å². The highest BCUT2D eigenvalue weighted by Crippen LogP contribution is 2.27. The van der Waals surface area contributed by atoms with Crippen LogP contribution in [0, 0.1) is 5.82 Å². The summed E-state index contributed by atoms with van der Waals surface area (Å²) in [4.78, 5) is 0. The van der Waals surface area contributed by atoms with Crippen molar-refractivity contribution in [1.82, 2.24) is 10.2 Å². The van der Waals surface area contributed by atoms with Crippen molar-refractivity contribution in [2.45, 2.75) is 0 Å². The van der Waals surface area contributed by atoms with E-state index in [2.05, 4.69) is 10.2 Å². The normalized spacial score (nSPS) is 10.4. The molecular formula is C9H8FN3O. The number of aromatic nitrogens is 2. The average molecular weight is 193 g/mol. The first-order chi connectivity index (χ1) is 6.68. The van der Waals surface area contributed by atoms with Gasteiger partial charge in [-0.25, -0.2) is 4.39 Å². The summed E-state index contributed by atoms with van der Waals surface area (Å²) in [5.74, 6) is -1.07. The number of aromatic hydroxyl groups is 1. The van der Waals surface area contributed by atoms with Crippen molar-refractivity contribution in [3.05, 3.63) is 30.2 Å². The maximum atomic E-state index is 12.7. The van der Waals surface area contributed by atoms with Crippen molar-refractivity contribution >= 4 is 5.69 Å². The van der Waals surface area contributed by atoms with Gasteiger partial charge in [0.25, 0.3) is 0 Å². The number of aromatic amines is 1. The number of hydrogen-bond acceptors (Lipinski definition) is 3. The highest BCUT2D eigenvalue weighted by molar-refractivity contribution is 5.72. The van der Waals surface area contributed by atoms with Crippen LogP contribution in [0.2, 0.25) is 0 Å². The average Bonchev–Trinajstić information content (AvgIpc) is 2.57. The maximum Gasteiger partial charge on any atom is 0.164 e. The van der Waals surface area contributed by atoms with E-state index in [1.54, 1.807) is 0 Å². The minimum absolute atomic E-state index is 0.406. The van der Waals surface area contributed by atoms with Gasteiger partial charge in [-0.3, -0.25) is 5.10 Å². The van der Waals surface area contributed by atoms with E-state index in [1.165, 1.54) is 24.4 Å². The van der Waals surface area contributed by atoms with Crippen molar-refractivity contribution < 1.29 is 9.50 Å². The standard InChI is InChI=1S/C9H8FN3O/c10-6-2-1-5(3-8(6)14)9-7(11)4-12-13-9/h1-4,14H,11H2,(H,12,13). The van der Waals surface area contributed by atoms with Gasteiger partial charge in [-0.2, -0.15) is 5.10 Å². The number of nitrogens with one attached hydrogen (secondary N) is 1. The van der Waals surface area contributed by atoms with Crippen molar-refractivity contribution in [3.63, 3.8) is 0 Å². The second-order valence-electron chi connectivity index (χ2n) is 2.87. The summed E-state index contributed by atoms with van der Waals surface area (Å²) in [5.41, 5.74) is 7.21. The zero-order valence-corrected chi connectivity index (χ0v) is 7.16. The Morgan fingerprint density at radius 1 is 1.43 bits per heavy atom. The molecule has 0 unspecified atom stereocenters. The first-order valence-electron chi connectivity index (χ1n) is 3.96. The van der Waals surface area contributed by atoms with Crippen LogP contribution in [0.5, 0.6) is 5.75 Å². The summed E-state index contributed by atoms with van der Waals surface area (Å²) in [6, 6.07) is 3.98. The van der Waals surface area contributed by atoms with E-state index in [0.29, 0.717) is 16.9 Å². The molecule has 0 radical (unpaired) electrons. The van der Waals surface area contributed by atoms with Crippen LogP contribution in [0.15, 0.2) is 24.4 Å². The number of nitrogens with two attached hydrogens (primary N) is 1. The number of H-pyrrole nitrogens is 1. The summed E-state index contributed by atoms with van der Waals surface area (Å²) in [5, 5.41) is 15.5. The third-order valence-corrected chi connectivity index (χ3v) is 1.90. The maximum absolute atomic E-state index is 12.7. The van der Waals surface area contributed by atoms with Gasteiger partial charge < -0.3 is 10.8 Å². The van der Waals surface area contributed by atoms with Crippen molar-refractivity contribution in [2.75, 3.05) is 5.73 Å². The van der Waals surface area contributed by atoms with Gasteiger partial charge in [0.15, 0.2) is 11.6 Å². The fourth-order valence-corrected chi connectivity index (χ4v) is 1.19. The molecule has 14 heavy (non-hydrogen) atoms. The summed E-state index contributed by atoms with van der Waals surface area (Å²) >= 11 is 0. The number of rotatable bonds is 1. The molecule has 2 rings (SSSR count). The predicted molar refractivity (Wildman–Crippen MR) is 50.1 cm³/mol. The molecule has 72 valence electrons. The molecule has 1 heterocycles. The van der Waals surface area contributed by atoms with Crippen LogP contribution in [0.4, 0.5) is 10.1 Å². The SMILES string of the molecule is Nc1cn[nH]c1-c1ccc(F)c(O)c1. The molecule has 4 nitrogen and oxygen atoms in total. The van der Waals surface area contributed by atoms with Crippen LogP contribution < -0.4 is 5.73 Å². The van der Waals surface area contributed by atoms with E-state index in [0.717, 1.165) is 0 Å². The van der Waals surface area contributed by atoms with E-state index >= 15 is 0 Å². The van der Waals surface area contributed by atoms with Crippen LogP contribution >= 0.6 is 0 Å². The lowest BCUT2D eigenvalue weighted by Crippen LogP contribution is -1.87. The van der Waals surface area contributed by atoms with Crippen molar-refractivity contribution in [3.8, 4) is 17.0 Å². The molecule has 0 bridgehead atoms. The Morgan fingerprint density at radius 2 is 2.21 bits per heavy atom. The zero-order valence-electron chi connectivity index (χ0n) is 7.16. The molecule has 0 atom stereocenters. The van der Waals surface area contributed by atoms with Crippen LogP contribution in [0.25, 0.3) is 11.3 Å². The lowest BCUT2D eigenvalue weighted by Gasteiger charge is -2.00. The molecular weight excluding hydrogens is 185 g/mol. The molecule has 0 aliphatic heterocycles. The highest BCUT2D eigenvalue weighted by Gasteiger charge is 2.07. The molecule has 0 saturated carbocycles. The molecule has 4 N–H and O–H groups in total. The van der Waals surface area contributed by atoms with Gasteiger partial charge in [-0.05, 0) is 18.2 Å². The topological polar surface area (TPSA) is 74.9 Å². The number of phenols is 1. The number of nitrogens with zero attached hydrogens (tertiary/aromatic N) is 1. The van der Waals surface area contributed by atoms with Gasteiger partial charge >= 0.3 is 0 Å². The first kappa shape index (κ1) is 8.55. The van der Waals surface area contributed by atoms with Gasteiger partial charge in [-0.15, -0.1) is 0 Å². The van der Waals surface area contributed by atoms with E-state index in [-0.39, 0.29) is 0 Å². The Bertz CT molecular complexity index is 467. The van der Waals surface area contributed by atoms with E-state index in [9.17, 15) is 4.39 Å². The van der Waals surface area contributed by atoms with Crippen LogP contribution in [0.1, 0.15) is 0 Å². The van der Waals surface area contributed by atoms with Crippen molar-refractivity contribution in [2.24, 2.45) is 0 Å². The summed E-state index contributed by atoms with van der Waals surface area (Å²) in [7, 11) is 0. The quantitative estimate of drug-likeness (QED) is 0.642. The summed E-state index contributed by atoms with van der Waals surface area (Å²) in [6.07, 6.45) is 1.45. The second kappa shape index (κ2) is 3.02. The lowest BCUT2D eigenvalue weighted by molar-refractivity contribution is 0.432. The summed E-state index contributed by atoms with van der Waals surface area (Å²) in [6.45, 7) is 0. The molecule has 0 aliphatic rings. The molecule has 0 amide bonds. The number of anilines is 1. The van der Waals surface area contributed by atoms with E-state index < -0.39 is 11.6 Å². The molecule has 0 fully saturated rings. The van der Waals surface area contributed by atoms with E-state index in [1.807, 2.05) is 0 Å². The minimum Gasteiger partial charge on any atom is -0.505 e. The Balaban J connectivity index is 2.53. The second-order valence-corrected chi connectivity index (χ2v) is 2.87. The Kier molecular flexibility index (Phi) is 1.85. The molecule has 2 aromatic rings. The molecule has 0 spiro atoms. The third kappa shape index (κ3) is 1.28. The molecule has 1 aromatic heterocycles.